The Balaban J connectivity index is 1.63. The SMILES string of the molecule is CNc1cc(CN(C)C(C)=O)nc(C2CCCN2C(=O)c2ccc3nc(C)sc3c2)n1. The molecule has 0 radical (unpaired) electrons. The molecule has 1 N–H and O–H groups in total. The highest BCUT2D eigenvalue weighted by atomic mass is 32.1. The van der Waals surface area contributed by atoms with Gasteiger partial charge in [0.15, 0.2) is 5.82 Å². The summed E-state index contributed by atoms with van der Waals surface area (Å²) in [6.45, 7) is 4.55. The van der Waals surface area contributed by atoms with Crippen LogP contribution in [0.1, 0.15) is 52.7 Å². The van der Waals surface area contributed by atoms with Crippen LogP contribution in [0.15, 0.2) is 24.3 Å². The molecule has 162 valence electrons. The molecule has 4 rings (SSSR count). The van der Waals surface area contributed by atoms with Crippen molar-refractivity contribution in [3.8, 4) is 0 Å². The van der Waals surface area contributed by atoms with Gasteiger partial charge in [-0.3, -0.25) is 9.59 Å². The summed E-state index contributed by atoms with van der Waals surface area (Å²) in [5.41, 5.74) is 2.32. The maximum Gasteiger partial charge on any atom is 0.254 e. The van der Waals surface area contributed by atoms with Crippen LogP contribution in [0.3, 0.4) is 0 Å². The summed E-state index contributed by atoms with van der Waals surface area (Å²) in [5, 5.41) is 4.05. The summed E-state index contributed by atoms with van der Waals surface area (Å²) >= 11 is 1.59. The molecule has 1 aromatic carbocycles. The van der Waals surface area contributed by atoms with Crippen LogP contribution in [0.2, 0.25) is 0 Å². The number of anilines is 1. The Labute approximate surface area is 185 Å². The first-order valence-corrected chi connectivity index (χ1v) is 11.1. The van der Waals surface area contributed by atoms with Gasteiger partial charge < -0.3 is 15.1 Å². The predicted molar refractivity (Wildman–Crippen MR) is 121 cm³/mol. The first kappa shape index (κ1) is 21.2. The van der Waals surface area contributed by atoms with Gasteiger partial charge in [0.05, 0.1) is 33.5 Å². The largest absolute Gasteiger partial charge is 0.373 e. The lowest BCUT2D eigenvalue weighted by Crippen LogP contribution is -2.32. The van der Waals surface area contributed by atoms with E-state index in [1.807, 2.05) is 36.1 Å². The second-order valence-electron chi connectivity index (χ2n) is 7.80. The Hall–Kier alpha value is -3.07. The third kappa shape index (κ3) is 4.36. The number of amides is 2. The number of aromatic nitrogens is 3. The highest BCUT2D eigenvalue weighted by Gasteiger charge is 2.33. The summed E-state index contributed by atoms with van der Waals surface area (Å²) in [4.78, 5) is 42.3. The maximum absolute atomic E-state index is 13.4. The summed E-state index contributed by atoms with van der Waals surface area (Å²) in [5.74, 6) is 1.24. The van der Waals surface area contributed by atoms with Gasteiger partial charge in [-0.05, 0) is 38.0 Å². The lowest BCUT2D eigenvalue weighted by atomic mass is 10.1. The average Bonchev–Trinajstić information content (AvgIpc) is 3.38. The number of likely N-dealkylation sites (tertiary alicyclic amines) is 1. The monoisotopic (exact) mass is 438 g/mol. The van der Waals surface area contributed by atoms with Gasteiger partial charge in [-0.15, -0.1) is 11.3 Å². The second kappa shape index (κ2) is 8.58. The van der Waals surface area contributed by atoms with E-state index in [-0.39, 0.29) is 17.9 Å². The molecule has 8 nitrogen and oxygen atoms in total. The zero-order valence-corrected chi connectivity index (χ0v) is 19.0. The Kier molecular flexibility index (Phi) is 5.86. The van der Waals surface area contributed by atoms with E-state index in [0.717, 1.165) is 33.8 Å². The summed E-state index contributed by atoms with van der Waals surface area (Å²) < 4.78 is 1.02. The number of fused-ring (bicyclic) bond motifs is 1. The molecule has 0 aliphatic carbocycles. The molecule has 1 aliphatic heterocycles. The van der Waals surface area contributed by atoms with Crippen LogP contribution in [0.5, 0.6) is 0 Å². The molecule has 31 heavy (non-hydrogen) atoms. The summed E-state index contributed by atoms with van der Waals surface area (Å²) in [7, 11) is 3.54. The minimum absolute atomic E-state index is 0.0173. The van der Waals surface area contributed by atoms with Crippen molar-refractivity contribution < 1.29 is 9.59 Å². The van der Waals surface area contributed by atoms with Gasteiger partial charge in [-0.25, -0.2) is 15.0 Å². The Bertz CT molecular complexity index is 1140. The molecule has 1 unspecified atom stereocenters. The van der Waals surface area contributed by atoms with Crippen molar-refractivity contribution in [3.63, 3.8) is 0 Å². The number of nitrogens with zero attached hydrogens (tertiary/aromatic N) is 5. The molecule has 3 heterocycles. The molecule has 0 spiro atoms. The second-order valence-corrected chi connectivity index (χ2v) is 9.03. The molecule has 1 aliphatic rings. The van der Waals surface area contributed by atoms with E-state index in [2.05, 4.69) is 15.3 Å². The van der Waals surface area contributed by atoms with Crippen LogP contribution in [-0.2, 0) is 11.3 Å². The number of benzene rings is 1. The molecule has 1 saturated heterocycles. The normalized spacial score (nSPS) is 16.0. The highest BCUT2D eigenvalue weighted by Crippen LogP contribution is 2.33. The van der Waals surface area contributed by atoms with Crippen LogP contribution >= 0.6 is 11.3 Å². The zero-order valence-electron chi connectivity index (χ0n) is 18.2. The number of carbonyl (C=O) groups excluding carboxylic acids is 2. The van der Waals surface area contributed by atoms with Crippen molar-refractivity contribution in [1.29, 1.82) is 0 Å². The number of hydrogen-bond acceptors (Lipinski definition) is 7. The highest BCUT2D eigenvalue weighted by molar-refractivity contribution is 7.18. The molecule has 3 aromatic rings. The number of thiazole rings is 1. The molecule has 0 saturated carbocycles. The van der Waals surface area contributed by atoms with Crippen LogP contribution in [0.25, 0.3) is 10.2 Å². The van der Waals surface area contributed by atoms with Gasteiger partial charge in [0.2, 0.25) is 5.91 Å². The number of hydrogen-bond donors (Lipinski definition) is 1. The van der Waals surface area contributed by atoms with E-state index in [0.29, 0.717) is 30.3 Å². The van der Waals surface area contributed by atoms with E-state index in [9.17, 15) is 9.59 Å². The average molecular weight is 439 g/mol. The molecule has 9 heteroatoms. The van der Waals surface area contributed by atoms with Gasteiger partial charge >= 0.3 is 0 Å². The molecular weight excluding hydrogens is 412 g/mol. The van der Waals surface area contributed by atoms with E-state index >= 15 is 0 Å². The van der Waals surface area contributed by atoms with Crippen LogP contribution in [0.4, 0.5) is 5.82 Å². The Morgan fingerprint density at radius 1 is 1.26 bits per heavy atom. The maximum atomic E-state index is 13.4. The van der Waals surface area contributed by atoms with Gasteiger partial charge in [0.25, 0.3) is 5.91 Å². The van der Waals surface area contributed by atoms with Crippen LogP contribution in [-0.4, -0.2) is 57.2 Å². The smallest absolute Gasteiger partial charge is 0.254 e. The number of carbonyl (C=O) groups is 2. The summed E-state index contributed by atoms with van der Waals surface area (Å²) in [6, 6.07) is 7.32. The van der Waals surface area contributed by atoms with Crippen molar-refractivity contribution in [1.82, 2.24) is 24.8 Å². The fraction of sp³-hybridized carbons (Fsp3) is 0.409. The predicted octanol–water partition coefficient (Wildman–Crippen LogP) is 3.39. The molecule has 1 atom stereocenters. The van der Waals surface area contributed by atoms with E-state index < -0.39 is 0 Å². The van der Waals surface area contributed by atoms with E-state index in [1.165, 1.54) is 6.92 Å². The molecule has 2 amide bonds. The van der Waals surface area contributed by atoms with Gasteiger partial charge in [-0.2, -0.15) is 0 Å². The topological polar surface area (TPSA) is 91.3 Å². The lowest BCUT2D eigenvalue weighted by Gasteiger charge is -2.25. The Morgan fingerprint density at radius 3 is 2.81 bits per heavy atom. The van der Waals surface area contributed by atoms with E-state index in [1.54, 1.807) is 30.3 Å². The number of nitrogens with one attached hydrogen (secondary N) is 1. The van der Waals surface area contributed by atoms with Crippen molar-refractivity contribution in [3.05, 3.63) is 46.4 Å². The lowest BCUT2D eigenvalue weighted by molar-refractivity contribution is -0.128. The van der Waals surface area contributed by atoms with Crippen molar-refractivity contribution >= 4 is 39.2 Å². The first-order chi connectivity index (χ1) is 14.9. The van der Waals surface area contributed by atoms with Gasteiger partial charge in [0.1, 0.15) is 5.82 Å². The first-order valence-electron chi connectivity index (χ1n) is 10.3. The minimum atomic E-state index is -0.193. The van der Waals surface area contributed by atoms with Gasteiger partial charge in [0, 0.05) is 39.2 Å². The molecule has 2 aromatic heterocycles. The Morgan fingerprint density at radius 2 is 2.06 bits per heavy atom. The fourth-order valence-electron chi connectivity index (χ4n) is 3.85. The summed E-state index contributed by atoms with van der Waals surface area (Å²) in [6.07, 6.45) is 1.71. The quantitative estimate of drug-likeness (QED) is 0.657. The number of rotatable bonds is 5. The van der Waals surface area contributed by atoms with Crippen molar-refractivity contribution in [2.24, 2.45) is 0 Å². The van der Waals surface area contributed by atoms with Crippen molar-refractivity contribution in [2.45, 2.75) is 39.3 Å². The number of aryl methyl sites for hydroxylation is 1. The third-order valence-corrected chi connectivity index (χ3v) is 6.48. The molecule has 0 bridgehead atoms. The zero-order chi connectivity index (χ0) is 22.1. The fourth-order valence-corrected chi connectivity index (χ4v) is 4.71. The molecular formula is C22H26N6O2S. The van der Waals surface area contributed by atoms with E-state index in [4.69, 9.17) is 4.98 Å². The van der Waals surface area contributed by atoms with Crippen LogP contribution in [0, 0.1) is 6.92 Å². The third-order valence-electron chi connectivity index (χ3n) is 5.54. The van der Waals surface area contributed by atoms with Crippen LogP contribution < -0.4 is 5.32 Å². The van der Waals surface area contributed by atoms with Crippen molar-refractivity contribution in [2.75, 3.05) is 26.0 Å². The standard InChI is InChI=1S/C22H26N6O2S/c1-13-24-17-8-7-15(10-19(17)31-13)22(30)28-9-5-6-18(28)21-25-16(11-20(23-3)26-21)12-27(4)14(2)29/h7-8,10-11,18H,5-6,9,12H2,1-4H3,(H,23,25,26). The molecule has 1 fully saturated rings. The minimum Gasteiger partial charge on any atom is -0.373 e. The van der Waals surface area contributed by atoms with Gasteiger partial charge in [-0.1, -0.05) is 0 Å².